The lowest BCUT2D eigenvalue weighted by Gasteiger charge is -2.31. The molecule has 3 aliphatic rings. The Labute approximate surface area is 129 Å². The van der Waals surface area contributed by atoms with E-state index < -0.39 is 0 Å². The van der Waals surface area contributed by atoms with Gasteiger partial charge in [0.2, 0.25) is 0 Å². The van der Waals surface area contributed by atoms with Crippen LogP contribution in [-0.4, -0.2) is 13.1 Å². The molecule has 1 heteroatoms. The van der Waals surface area contributed by atoms with Crippen LogP contribution in [-0.2, 0) is 11.8 Å². The molecule has 1 nitrogen and oxygen atoms in total. The quantitative estimate of drug-likeness (QED) is 0.872. The Bertz CT molecular complexity index is 502. The summed E-state index contributed by atoms with van der Waals surface area (Å²) in [5, 5.41) is 3.51. The summed E-state index contributed by atoms with van der Waals surface area (Å²) in [6, 6.07) is 9.30. The third-order valence-electron chi connectivity index (χ3n) is 6.70. The van der Waals surface area contributed by atoms with Crippen LogP contribution in [0.1, 0.15) is 56.6 Å². The zero-order chi connectivity index (χ0) is 14.3. The van der Waals surface area contributed by atoms with E-state index in [1.807, 2.05) is 0 Å². The van der Waals surface area contributed by atoms with Crippen molar-refractivity contribution in [3.63, 3.8) is 0 Å². The molecule has 1 aromatic rings. The fraction of sp³-hybridized carbons (Fsp3) is 0.700. The second-order valence-electron chi connectivity index (χ2n) is 7.87. The Morgan fingerprint density at radius 3 is 2.90 bits per heavy atom. The first-order chi connectivity index (χ1) is 10.3. The fourth-order valence-corrected chi connectivity index (χ4v) is 5.33. The van der Waals surface area contributed by atoms with Crippen LogP contribution in [0.3, 0.4) is 0 Å². The van der Waals surface area contributed by atoms with Crippen molar-refractivity contribution in [2.75, 3.05) is 13.1 Å². The Balaban J connectivity index is 1.45. The third kappa shape index (κ3) is 2.44. The number of hydrogen-bond donors (Lipinski definition) is 1. The van der Waals surface area contributed by atoms with Crippen LogP contribution in [0.25, 0.3) is 0 Å². The third-order valence-corrected chi connectivity index (χ3v) is 6.70. The van der Waals surface area contributed by atoms with Crippen LogP contribution in [0, 0.1) is 17.8 Å². The number of fused-ring (bicyclic) bond motifs is 2. The largest absolute Gasteiger partial charge is 0.317 e. The van der Waals surface area contributed by atoms with Gasteiger partial charge in [-0.05, 0) is 92.3 Å². The summed E-state index contributed by atoms with van der Waals surface area (Å²) in [5.74, 6) is 2.87. The molecule has 2 fully saturated rings. The summed E-state index contributed by atoms with van der Waals surface area (Å²) < 4.78 is 0. The molecule has 1 saturated carbocycles. The van der Waals surface area contributed by atoms with E-state index in [0.29, 0.717) is 5.41 Å². The maximum absolute atomic E-state index is 3.51. The molecule has 21 heavy (non-hydrogen) atoms. The second kappa shape index (κ2) is 5.43. The standard InChI is InChI=1S/C20H29N/c1-15(16-8-11-21-12-9-16)13-18-14-20(18)10-4-6-17-5-2-3-7-19(17)20/h2-3,5,7,15-16,18,21H,4,6,8-14H2,1H3. The first kappa shape index (κ1) is 13.8. The van der Waals surface area contributed by atoms with Crippen molar-refractivity contribution in [2.45, 2.75) is 57.3 Å². The van der Waals surface area contributed by atoms with Crippen LogP contribution in [0.2, 0.25) is 0 Å². The number of piperidine rings is 1. The Morgan fingerprint density at radius 1 is 1.24 bits per heavy atom. The van der Waals surface area contributed by atoms with E-state index in [1.165, 1.54) is 58.0 Å². The van der Waals surface area contributed by atoms with Crippen LogP contribution in [0.5, 0.6) is 0 Å². The summed E-state index contributed by atoms with van der Waals surface area (Å²) >= 11 is 0. The Hall–Kier alpha value is -0.820. The highest BCUT2D eigenvalue weighted by Crippen LogP contribution is 2.62. The molecule has 0 aromatic heterocycles. The van der Waals surface area contributed by atoms with Crippen molar-refractivity contribution >= 4 is 0 Å². The van der Waals surface area contributed by atoms with Gasteiger partial charge in [0.1, 0.15) is 0 Å². The molecule has 1 aliphatic heterocycles. The van der Waals surface area contributed by atoms with Crippen molar-refractivity contribution in [3.05, 3.63) is 35.4 Å². The second-order valence-corrected chi connectivity index (χ2v) is 7.87. The maximum Gasteiger partial charge on any atom is -0.00125 e. The van der Waals surface area contributed by atoms with Gasteiger partial charge < -0.3 is 5.32 Å². The lowest BCUT2D eigenvalue weighted by molar-refractivity contribution is 0.248. The van der Waals surface area contributed by atoms with Gasteiger partial charge in [-0.25, -0.2) is 0 Å². The van der Waals surface area contributed by atoms with E-state index in [9.17, 15) is 0 Å². The van der Waals surface area contributed by atoms with E-state index in [0.717, 1.165) is 17.8 Å². The minimum absolute atomic E-state index is 0.593. The highest BCUT2D eigenvalue weighted by atomic mass is 14.9. The van der Waals surface area contributed by atoms with E-state index in [1.54, 1.807) is 11.1 Å². The first-order valence-corrected chi connectivity index (χ1v) is 9.09. The van der Waals surface area contributed by atoms with Gasteiger partial charge in [0.05, 0.1) is 0 Å². The van der Waals surface area contributed by atoms with Crippen molar-refractivity contribution in [1.29, 1.82) is 0 Å². The van der Waals surface area contributed by atoms with Gasteiger partial charge in [0.25, 0.3) is 0 Å². The SMILES string of the molecule is CC(CC1CC12CCCc1ccccc12)C1CCNCC1. The molecule has 0 radical (unpaired) electrons. The summed E-state index contributed by atoms with van der Waals surface area (Å²) in [5.41, 5.74) is 3.97. The molecule has 4 rings (SSSR count). The highest BCUT2D eigenvalue weighted by molar-refractivity contribution is 5.42. The highest BCUT2D eigenvalue weighted by Gasteiger charge is 2.56. The van der Waals surface area contributed by atoms with Gasteiger partial charge in [-0.3, -0.25) is 0 Å². The molecule has 1 spiro atoms. The lowest BCUT2D eigenvalue weighted by Crippen LogP contribution is -2.31. The molecule has 2 aliphatic carbocycles. The minimum Gasteiger partial charge on any atom is -0.317 e. The average molecular weight is 283 g/mol. The van der Waals surface area contributed by atoms with E-state index >= 15 is 0 Å². The van der Waals surface area contributed by atoms with Gasteiger partial charge in [-0.2, -0.15) is 0 Å². The van der Waals surface area contributed by atoms with E-state index in [4.69, 9.17) is 0 Å². The summed E-state index contributed by atoms with van der Waals surface area (Å²) in [4.78, 5) is 0. The molecule has 1 heterocycles. The molecule has 0 amide bonds. The predicted octanol–water partition coefficient (Wildman–Crippen LogP) is 4.31. The van der Waals surface area contributed by atoms with Crippen molar-refractivity contribution in [1.82, 2.24) is 5.32 Å². The number of rotatable bonds is 3. The Morgan fingerprint density at radius 2 is 2.05 bits per heavy atom. The van der Waals surface area contributed by atoms with Crippen LogP contribution >= 0.6 is 0 Å². The maximum atomic E-state index is 3.51. The molecular formula is C20H29N. The van der Waals surface area contributed by atoms with Crippen molar-refractivity contribution in [3.8, 4) is 0 Å². The predicted molar refractivity (Wildman–Crippen MR) is 88.5 cm³/mol. The zero-order valence-electron chi connectivity index (χ0n) is 13.4. The van der Waals surface area contributed by atoms with E-state index in [2.05, 4.69) is 36.5 Å². The van der Waals surface area contributed by atoms with E-state index in [-0.39, 0.29) is 0 Å². The first-order valence-electron chi connectivity index (χ1n) is 9.09. The van der Waals surface area contributed by atoms with Crippen LogP contribution in [0.15, 0.2) is 24.3 Å². The molecule has 1 saturated heterocycles. The number of benzene rings is 1. The molecule has 3 unspecified atom stereocenters. The summed E-state index contributed by atoms with van der Waals surface area (Å²) in [6.45, 7) is 5.01. The molecule has 3 atom stereocenters. The van der Waals surface area contributed by atoms with Gasteiger partial charge in [0.15, 0.2) is 0 Å². The van der Waals surface area contributed by atoms with Crippen molar-refractivity contribution < 1.29 is 0 Å². The lowest BCUT2D eigenvalue weighted by atomic mass is 9.76. The number of hydrogen-bond acceptors (Lipinski definition) is 1. The topological polar surface area (TPSA) is 12.0 Å². The van der Waals surface area contributed by atoms with Crippen LogP contribution in [0.4, 0.5) is 0 Å². The fourth-order valence-electron chi connectivity index (χ4n) is 5.33. The zero-order valence-corrected chi connectivity index (χ0v) is 13.4. The molecule has 0 bridgehead atoms. The Kier molecular flexibility index (Phi) is 3.57. The van der Waals surface area contributed by atoms with Crippen LogP contribution < -0.4 is 5.32 Å². The van der Waals surface area contributed by atoms with Gasteiger partial charge in [0, 0.05) is 0 Å². The number of aryl methyl sites for hydroxylation is 1. The van der Waals surface area contributed by atoms with Gasteiger partial charge in [-0.15, -0.1) is 0 Å². The molecule has 1 N–H and O–H groups in total. The summed E-state index contributed by atoms with van der Waals surface area (Å²) in [7, 11) is 0. The smallest absolute Gasteiger partial charge is 0.00125 e. The van der Waals surface area contributed by atoms with Gasteiger partial charge >= 0.3 is 0 Å². The number of nitrogens with one attached hydrogen (secondary N) is 1. The normalized spacial score (nSPS) is 33.7. The average Bonchev–Trinajstić information content (AvgIpc) is 3.21. The van der Waals surface area contributed by atoms with Crippen molar-refractivity contribution in [2.24, 2.45) is 17.8 Å². The molecule has 114 valence electrons. The molecule has 1 aromatic carbocycles. The van der Waals surface area contributed by atoms with Gasteiger partial charge in [-0.1, -0.05) is 31.2 Å². The molecular weight excluding hydrogens is 254 g/mol. The minimum atomic E-state index is 0.593. The monoisotopic (exact) mass is 283 g/mol. The summed E-state index contributed by atoms with van der Waals surface area (Å²) in [6.07, 6.45) is 9.92.